The van der Waals surface area contributed by atoms with Gasteiger partial charge >= 0.3 is 0 Å². The number of aromatic nitrogens is 2. The number of hydrogen-bond donors (Lipinski definition) is 2. The summed E-state index contributed by atoms with van der Waals surface area (Å²) in [7, 11) is 1.85. The van der Waals surface area contributed by atoms with E-state index in [9.17, 15) is 0 Å². The van der Waals surface area contributed by atoms with Crippen molar-refractivity contribution in [3.8, 4) is 5.69 Å². The van der Waals surface area contributed by atoms with Crippen LogP contribution in [0.15, 0.2) is 65.2 Å². The zero-order valence-electron chi connectivity index (χ0n) is 18.2. The quantitative estimate of drug-likeness (QED) is 0.419. The number of nitrogens with zero attached hydrogens (tertiary/aromatic N) is 4. The van der Waals surface area contributed by atoms with Crippen molar-refractivity contribution in [2.24, 2.45) is 10.9 Å². The molecule has 4 rings (SSSR count). The number of benzene rings is 1. The van der Waals surface area contributed by atoms with Crippen molar-refractivity contribution in [2.45, 2.75) is 25.8 Å². The Morgan fingerprint density at radius 2 is 2.10 bits per heavy atom. The number of nitrogens with one attached hydrogen (secondary N) is 2. The van der Waals surface area contributed by atoms with E-state index in [4.69, 9.17) is 0 Å². The van der Waals surface area contributed by atoms with Crippen molar-refractivity contribution in [1.29, 1.82) is 0 Å². The van der Waals surface area contributed by atoms with E-state index in [1.54, 1.807) is 6.20 Å². The molecule has 0 radical (unpaired) electrons. The first-order valence-corrected chi connectivity index (χ1v) is 12.0. The van der Waals surface area contributed by atoms with Gasteiger partial charge in [0.05, 0.1) is 5.69 Å². The van der Waals surface area contributed by atoms with Gasteiger partial charge in [0.1, 0.15) is 0 Å². The Labute approximate surface area is 189 Å². The first-order valence-electron chi connectivity index (χ1n) is 11.1. The molecule has 6 nitrogen and oxygen atoms in total. The van der Waals surface area contributed by atoms with Crippen molar-refractivity contribution in [3.63, 3.8) is 0 Å². The summed E-state index contributed by atoms with van der Waals surface area (Å²) in [4.78, 5) is 8.45. The largest absolute Gasteiger partial charge is 0.356 e. The van der Waals surface area contributed by atoms with Gasteiger partial charge in [-0.2, -0.15) is 5.10 Å². The highest BCUT2D eigenvalue weighted by Gasteiger charge is 2.20. The first-order chi connectivity index (χ1) is 15.3. The molecule has 1 fully saturated rings. The lowest BCUT2D eigenvalue weighted by molar-refractivity contribution is 0.169. The molecule has 2 aromatic heterocycles. The molecule has 0 bridgehead atoms. The molecule has 0 amide bonds. The van der Waals surface area contributed by atoms with Gasteiger partial charge in [-0.15, -0.1) is 11.3 Å². The summed E-state index contributed by atoms with van der Waals surface area (Å²) >= 11 is 1.86. The molecule has 1 unspecified atom stereocenters. The monoisotopic (exact) mass is 436 g/mol. The maximum absolute atomic E-state index is 4.40. The zero-order valence-corrected chi connectivity index (χ0v) is 19.0. The number of aliphatic imine (C=N–C) groups is 1. The number of thiophene rings is 1. The molecule has 0 saturated carbocycles. The number of rotatable bonds is 8. The molecule has 1 atom stereocenters. The molecule has 1 aliphatic rings. The highest BCUT2D eigenvalue weighted by molar-refractivity contribution is 7.09. The molecule has 1 saturated heterocycles. The van der Waals surface area contributed by atoms with Crippen LogP contribution in [0.1, 0.15) is 23.3 Å². The summed E-state index contributed by atoms with van der Waals surface area (Å²) in [5.74, 6) is 1.56. The zero-order chi connectivity index (χ0) is 21.3. The van der Waals surface area contributed by atoms with Gasteiger partial charge in [0.2, 0.25) is 0 Å². The fourth-order valence-electron chi connectivity index (χ4n) is 4.11. The minimum atomic E-state index is 0.669. The van der Waals surface area contributed by atoms with Crippen LogP contribution in [0.3, 0.4) is 0 Å². The Morgan fingerprint density at radius 3 is 2.84 bits per heavy atom. The lowest BCUT2D eigenvalue weighted by Gasteiger charge is -2.32. The second-order valence-corrected chi connectivity index (χ2v) is 9.10. The van der Waals surface area contributed by atoms with E-state index in [1.807, 2.05) is 35.3 Å². The third-order valence-electron chi connectivity index (χ3n) is 5.76. The number of guanidine groups is 1. The molecule has 2 N–H and O–H groups in total. The van der Waals surface area contributed by atoms with Gasteiger partial charge < -0.3 is 10.6 Å². The van der Waals surface area contributed by atoms with Crippen molar-refractivity contribution in [1.82, 2.24) is 25.3 Å². The van der Waals surface area contributed by atoms with Crippen molar-refractivity contribution < 1.29 is 0 Å². The van der Waals surface area contributed by atoms with Crippen LogP contribution in [-0.4, -0.2) is 53.9 Å². The Bertz CT molecular complexity index is 918. The summed E-state index contributed by atoms with van der Waals surface area (Å²) in [5.41, 5.74) is 2.38. The van der Waals surface area contributed by atoms with E-state index in [0.717, 1.165) is 44.2 Å². The van der Waals surface area contributed by atoms with Crippen LogP contribution in [-0.2, 0) is 13.0 Å². The highest BCUT2D eigenvalue weighted by atomic mass is 32.1. The van der Waals surface area contributed by atoms with Gasteiger partial charge in [0, 0.05) is 50.5 Å². The second-order valence-electron chi connectivity index (χ2n) is 8.07. The van der Waals surface area contributed by atoms with Crippen LogP contribution in [0.5, 0.6) is 0 Å². The maximum atomic E-state index is 4.40. The fourth-order valence-corrected chi connectivity index (χ4v) is 4.85. The van der Waals surface area contributed by atoms with Crippen molar-refractivity contribution in [3.05, 3.63) is 70.7 Å². The van der Waals surface area contributed by atoms with Crippen LogP contribution in [0.2, 0.25) is 0 Å². The summed E-state index contributed by atoms with van der Waals surface area (Å²) in [6.07, 6.45) is 7.27. The summed E-state index contributed by atoms with van der Waals surface area (Å²) in [6, 6.07) is 14.9. The predicted molar refractivity (Wildman–Crippen MR) is 129 cm³/mol. The van der Waals surface area contributed by atoms with Crippen LogP contribution in [0.4, 0.5) is 0 Å². The molecule has 164 valence electrons. The molecule has 3 heterocycles. The molecule has 0 aliphatic carbocycles. The number of piperidine rings is 1. The molecule has 3 aromatic rings. The van der Waals surface area contributed by atoms with Crippen LogP contribution >= 0.6 is 11.3 Å². The Hall–Kier alpha value is -2.64. The van der Waals surface area contributed by atoms with Crippen LogP contribution in [0, 0.1) is 5.92 Å². The molecule has 31 heavy (non-hydrogen) atoms. The van der Waals surface area contributed by atoms with Gasteiger partial charge in [-0.05, 0) is 66.9 Å². The normalized spacial score (nSPS) is 17.6. The average molecular weight is 437 g/mol. The van der Waals surface area contributed by atoms with E-state index < -0.39 is 0 Å². The standard InChI is InChI=1S/C24H32N6S/c1-25-24(26-13-11-20-7-9-22(10-8-20)30-15-4-12-28-30)27-17-21-5-2-14-29(18-21)19-23-6-3-16-31-23/h3-4,6-10,12,15-16,21H,2,5,11,13-14,17-19H2,1H3,(H2,25,26,27). The molecule has 1 aromatic carbocycles. The molecular weight excluding hydrogens is 404 g/mol. The Balaban J connectivity index is 1.17. The Morgan fingerprint density at radius 1 is 1.19 bits per heavy atom. The smallest absolute Gasteiger partial charge is 0.190 e. The SMILES string of the molecule is CN=C(NCCc1ccc(-n2cccn2)cc1)NCC1CCCN(Cc2cccs2)C1. The van der Waals surface area contributed by atoms with Crippen LogP contribution in [0.25, 0.3) is 5.69 Å². The van der Waals surface area contributed by atoms with E-state index in [2.05, 4.69) is 67.4 Å². The predicted octanol–water partition coefficient (Wildman–Crippen LogP) is 3.55. The lowest BCUT2D eigenvalue weighted by atomic mass is 9.98. The Kier molecular flexibility index (Phi) is 7.74. The number of hydrogen-bond acceptors (Lipinski definition) is 4. The highest BCUT2D eigenvalue weighted by Crippen LogP contribution is 2.20. The molecular formula is C24H32N6S. The minimum absolute atomic E-state index is 0.669. The van der Waals surface area contributed by atoms with E-state index in [-0.39, 0.29) is 0 Å². The summed E-state index contributed by atoms with van der Waals surface area (Å²) in [5, 5.41) is 13.4. The van der Waals surface area contributed by atoms with Gasteiger partial charge in [0.25, 0.3) is 0 Å². The number of likely N-dealkylation sites (tertiary alicyclic amines) is 1. The van der Waals surface area contributed by atoms with Gasteiger partial charge in [-0.1, -0.05) is 18.2 Å². The van der Waals surface area contributed by atoms with Crippen LogP contribution < -0.4 is 10.6 Å². The molecule has 7 heteroatoms. The van der Waals surface area contributed by atoms with Gasteiger partial charge in [-0.3, -0.25) is 9.89 Å². The summed E-state index contributed by atoms with van der Waals surface area (Å²) < 4.78 is 1.88. The maximum Gasteiger partial charge on any atom is 0.190 e. The third kappa shape index (κ3) is 6.42. The van der Waals surface area contributed by atoms with Crippen molar-refractivity contribution in [2.75, 3.05) is 33.2 Å². The second kappa shape index (κ2) is 11.1. The summed E-state index contributed by atoms with van der Waals surface area (Å²) in [6.45, 7) is 5.28. The average Bonchev–Trinajstić information content (AvgIpc) is 3.51. The fraction of sp³-hybridized carbons (Fsp3) is 0.417. The van der Waals surface area contributed by atoms with Gasteiger partial charge in [-0.25, -0.2) is 4.68 Å². The first kappa shape index (κ1) is 21.6. The van der Waals surface area contributed by atoms with E-state index in [0.29, 0.717) is 5.92 Å². The third-order valence-corrected chi connectivity index (χ3v) is 6.62. The lowest BCUT2D eigenvalue weighted by Crippen LogP contribution is -2.44. The van der Waals surface area contributed by atoms with E-state index >= 15 is 0 Å². The molecule has 0 spiro atoms. The minimum Gasteiger partial charge on any atom is -0.356 e. The van der Waals surface area contributed by atoms with E-state index in [1.165, 1.54) is 29.8 Å². The van der Waals surface area contributed by atoms with Gasteiger partial charge in [0.15, 0.2) is 5.96 Å². The topological polar surface area (TPSA) is 57.5 Å². The van der Waals surface area contributed by atoms with Crippen molar-refractivity contribution >= 4 is 17.3 Å². The molecule has 1 aliphatic heterocycles.